The topological polar surface area (TPSA) is 61.7 Å². The maximum atomic E-state index is 12.5. The minimum atomic E-state index is -3.44. The highest BCUT2D eigenvalue weighted by molar-refractivity contribution is 7.89. The Morgan fingerprint density at radius 3 is 2.32 bits per heavy atom. The van der Waals surface area contributed by atoms with Crippen LogP contribution in [0.2, 0.25) is 0 Å². The largest absolute Gasteiger partial charge is 0.324 e. The second-order valence-electron chi connectivity index (χ2n) is 6.46. The molecule has 2 saturated heterocycles. The van der Waals surface area contributed by atoms with Crippen LogP contribution in [0.4, 0.5) is 0 Å². The molecule has 0 aromatic carbocycles. The zero-order valence-electron chi connectivity index (χ0n) is 13.5. The predicted molar refractivity (Wildman–Crippen MR) is 84.0 cm³/mol. The fourth-order valence-electron chi connectivity index (χ4n) is 3.18. The van der Waals surface area contributed by atoms with E-state index >= 15 is 0 Å². The van der Waals surface area contributed by atoms with E-state index in [4.69, 9.17) is 0 Å². The van der Waals surface area contributed by atoms with Crippen molar-refractivity contribution in [1.82, 2.24) is 23.7 Å². The van der Waals surface area contributed by atoms with Crippen LogP contribution in [0.15, 0.2) is 17.6 Å². The lowest BCUT2D eigenvalue weighted by Crippen LogP contribution is -2.64. The number of aryl methyl sites for hydroxylation is 1. The molecule has 0 radical (unpaired) electrons. The Bertz CT molecular complexity index is 613. The third kappa shape index (κ3) is 2.80. The number of imidazole rings is 1. The number of sulfonamides is 1. The van der Waals surface area contributed by atoms with Gasteiger partial charge in [-0.2, -0.15) is 4.31 Å². The van der Waals surface area contributed by atoms with E-state index in [9.17, 15) is 8.42 Å². The summed E-state index contributed by atoms with van der Waals surface area (Å²) in [4.78, 5) is 8.86. The number of nitrogens with zero attached hydrogens (tertiary/aromatic N) is 5. The van der Waals surface area contributed by atoms with Crippen molar-refractivity contribution in [2.75, 3.05) is 39.3 Å². The van der Waals surface area contributed by atoms with E-state index in [0.717, 1.165) is 26.2 Å². The molecule has 0 atom stereocenters. The summed E-state index contributed by atoms with van der Waals surface area (Å²) in [6.45, 7) is 9.80. The van der Waals surface area contributed by atoms with Gasteiger partial charge in [0.15, 0.2) is 0 Å². The van der Waals surface area contributed by atoms with Crippen molar-refractivity contribution >= 4 is 10.0 Å². The molecule has 0 N–H and O–H groups in total. The van der Waals surface area contributed by atoms with Gasteiger partial charge in [0.1, 0.15) is 0 Å². The van der Waals surface area contributed by atoms with E-state index < -0.39 is 10.0 Å². The Morgan fingerprint density at radius 2 is 1.82 bits per heavy atom. The summed E-state index contributed by atoms with van der Waals surface area (Å²) in [6.07, 6.45) is 3.19. The van der Waals surface area contributed by atoms with Crippen LogP contribution in [0.3, 0.4) is 0 Å². The second kappa shape index (κ2) is 5.92. The Morgan fingerprint density at radius 1 is 1.18 bits per heavy atom. The summed E-state index contributed by atoms with van der Waals surface area (Å²) in [7, 11) is -1.73. The first-order valence-electron chi connectivity index (χ1n) is 7.85. The second-order valence-corrected chi connectivity index (χ2v) is 8.29. The van der Waals surface area contributed by atoms with Crippen molar-refractivity contribution in [2.24, 2.45) is 7.05 Å². The molecule has 0 amide bonds. The Hall–Kier alpha value is -0.960. The Balaban J connectivity index is 1.56. The molecule has 0 aliphatic carbocycles. The fraction of sp³-hybridized carbons (Fsp3) is 0.786. The van der Waals surface area contributed by atoms with Crippen molar-refractivity contribution in [3.63, 3.8) is 0 Å². The van der Waals surface area contributed by atoms with Gasteiger partial charge < -0.3 is 4.57 Å². The molecule has 0 spiro atoms. The molecule has 1 aromatic heterocycles. The van der Waals surface area contributed by atoms with Crippen molar-refractivity contribution in [3.8, 4) is 0 Å². The van der Waals surface area contributed by atoms with Crippen LogP contribution in [0, 0.1) is 0 Å². The van der Waals surface area contributed by atoms with E-state index in [1.165, 1.54) is 10.5 Å². The molecule has 3 rings (SSSR count). The number of piperazine rings is 1. The molecule has 0 bridgehead atoms. The molecule has 2 fully saturated rings. The minimum Gasteiger partial charge on any atom is -0.324 e. The average molecular weight is 327 g/mol. The summed E-state index contributed by atoms with van der Waals surface area (Å²) in [5, 5.41) is 0.135. The summed E-state index contributed by atoms with van der Waals surface area (Å²) in [5.41, 5.74) is 0. The lowest BCUT2D eigenvalue weighted by Gasteiger charge is -2.47. The van der Waals surface area contributed by atoms with Gasteiger partial charge in [0.25, 0.3) is 10.0 Å². The predicted octanol–water partition coefficient (Wildman–Crippen LogP) is -0.181. The van der Waals surface area contributed by atoms with E-state index in [-0.39, 0.29) is 5.16 Å². The summed E-state index contributed by atoms with van der Waals surface area (Å²) in [6, 6.07) is 0.938. The van der Waals surface area contributed by atoms with Gasteiger partial charge in [-0.05, 0) is 13.8 Å². The molecule has 7 nitrogen and oxygen atoms in total. The van der Waals surface area contributed by atoms with Gasteiger partial charge >= 0.3 is 0 Å². The molecule has 124 valence electrons. The van der Waals surface area contributed by atoms with Crippen LogP contribution < -0.4 is 0 Å². The summed E-state index contributed by atoms with van der Waals surface area (Å²) < 4.78 is 28.1. The first kappa shape index (κ1) is 15.9. The van der Waals surface area contributed by atoms with Crippen LogP contribution in [0.5, 0.6) is 0 Å². The molecular weight excluding hydrogens is 302 g/mol. The number of hydrogen-bond donors (Lipinski definition) is 0. The molecule has 2 aliphatic heterocycles. The number of hydrogen-bond acceptors (Lipinski definition) is 5. The third-order valence-electron chi connectivity index (χ3n) is 4.77. The molecular formula is C14H25N5O2S. The quantitative estimate of drug-likeness (QED) is 0.768. The maximum Gasteiger partial charge on any atom is 0.277 e. The number of aromatic nitrogens is 2. The average Bonchev–Trinajstić information content (AvgIpc) is 2.84. The van der Waals surface area contributed by atoms with E-state index in [0.29, 0.717) is 25.2 Å². The van der Waals surface area contributed by atoms with Crippen LogP contribution >= 0.6 is 0 Å². The monoisotopic (exact) mass is 327 g/mol. The molecule has 8 heteroatoms. The zero-order chi connectivity index (χ0) is 15.9. The Labute approximate surface area is 132 Å². The first-order valence-corrected chi connectivity index (χ1v) is 9.29. The fourth-order valence-corrected chi connectivity index (χ4v) is 4.77. The van der Waals surface area contributed by atoms with Crippen LogP contribution in [-0.4, -0.2) is 83.4 Å². The highest BCUT2D eigenvalue weighted by atomic mass is 32.2. The molecule has 0 saturated carbocycles. The molecule has 0 unspecified atom stereocenters. The van der Waals surface area contributed by atoms with Crippen molar-refractivity contribution < 1.29 is 8.42 Å². The van der Waals surface area contributed by atoms with Gasteiger partial charge in [0.05, 0.1) is 0 Å². The SMILES string of the molecule is CC(C)N1CCN(C2CN(S(=O)(=O)c3nccn3C)C2)CC1. The van der Waals surface area contributed by atoms with E-state index in [1.54, 1.807) is 17.8 Å². The van der Waals surface area contributed by atoms with Crippen molar-refractivity contribution in [1.29, 1.82) is 0 Å². The van der Waals surface area contributed by atoms with Gasteiger partial charge in [-0.1, -0.05) is 0 Å². The van der Waals surface area contributed by atoms with Crippen LogP contribution in [0.25, 0.3) is 0 Å². The van der Waals surface area contributed by atoms with Crippen LogP contribution in [0.1, 0.15) is 13.8 Å². The number of rotatable bonds is 4. The highest BCUT2D eigenvalue weighted by Gasteiger charge is 2.41. The molecule has 2 aliphatic rings. The third-order valence-corrected chi connectivity index (χ3v) is 6.60. The normalized spacial score (nSPS) is 23.1. The van der Waals surface area contributed by atoms with Crippen LogP contribution in [-0.2, 0) is 17.1 Å². The molecule has 1 aromatic rings. The standard InChI is InChI=1S/C14H25N5O2S/c1-12(2)17-6-8-18(9-7-17)13-10-19(11-13)22(20,21)14-15-4-5-16(14)3/h4-5,12-13H,6-11H2,1-3H3. The van der Waals surface area contributed by atoms with Gasteiger partial charge in [-0.15, -0.1) is 0 Å². The van der Waals surface area contributed by atoms with Crippen molar-refractivity contribution in [2.45, 2.75) is 31.1 Å². The van der Waals surface area contributed by atoms with Gasteiger partial charge in [0, 0.05) is 70.8 Å². The molecule has 3 heterocycles. The van der Waals surface area contributed by atoms with Gasteiger partial charge in [-0.25, -0.2) is 13.4 Å². The van der Waals surface area contributed by atoms with Gasteiger partial charge in [-0.3, -0.25) is 9.80 Å². The molecule has 22 heavy (non-hydrogen) atoms. The maximum absolute atomic E-state index is 12.5. The van der Waals surface area contributed by atoms with Gasteiger partial charge in [0.2, 0.25) is 5.16 Å². The minimum absolute atomic E-state index is 0.135. The van der Waals surface area contributed by atoms with Crippen molar-refractivity contribution in [3.05, 3.63) is 12.4 Å². The summed E-state index contributed by atoms with van der Waals surface area (Å²) in [5.74, 6) is 0. The zero-order valence-corrected chi connectivity index (χ0v) is 14.3. The highest BCUT2D eigenvalue weighted by Crippen LogP contribution is 2.24. The Kier molecular flexibility index (Phi) is 4.28. The lowest BCUT2D eigenvalue weighted by atomic mass is 10.1. The first-order chi connectivity index (χ1) is 10.4. The summed E-state index contributed by atoms with van der Waals surface area (Å²) >= 11 is 0. The lowest BCUT2D eigenvalue weighted by molar-refractivity contribution is 0.0314. The van der Waals surface area contributed by atoms with E-state index in [1.807, 2.05) is 0 Å². The van der Waals surface area contributed by atoms with E-state index in [2.05, 4.69) is 28.6 Å². The smallest absolute Gasteiger partial charge is 0.277 e.